The quantitative estimate of drug-likeness (QED) is 0.355. The van der Waals surface area contributed by atoms with E-state index in [1.54, 1.807) is 12.1 Å². The van der Waals surface area contributed by atoms with Crippen molar-refractivity contribution in [2.24, 2.45) is 0 Å². The summed E-state index contributed by atoms with van der Waals surface area (Å²) in [6, 6.07) is 15.0. The first kappa shape index (κ1) is 18.9. The highest BCUT2D eigenvalue weighted by Gasteiger charge is 2.11. The number of nitrogens with one attached hydrogen (secondary N) is 1. The highest BCUT2D eigenvalue weighted by atomic mass is 16.6. The molecule has 0 saturated carbocycles. The molecule has 1 atom stereocenters. The van der Waals surface area contributed by atoms with Crippen LogP contribution < -0.4 is 5.32 Å². The van der Waals surface area contributed by atoms with Crippen molar-refractivity contribution in [3.8, 4) is 6.07 Å². The van der Waals surface area contributed by atoms with Crippen LogP contribution in [0.3, 0.4) is 0 Å². The largest absolute Gasteiger partial charge is 0.321 e. The van der Waals surface area contributed by atoms with Crippen LogP contribution in [0.4, 0.5) is 11.4 Å². The average molecular weight is 349 g/mol. The Hall–Kier alpha value is -3.46. The van der Waals surface area contributed by atoms with Gasteiger partial charge in [-0.1, -0.05) is 26.0 Å². The zero-order chi connectivity index (χ0) is 19.1. The van der Waals surface area contributed by atoms with Crippen molar-refractivity contribution in [1.82, 2.24) is 0 Å². The molecular weight excluding hydrogens is 330 g/mol. The van der Waals surface area contributed by atoms with Crippen LogP contribution in [0.2, 0.25) is 0 Å². The first-order valence-electron chi connectivity index (χ1n) is 8.22. The lowest BCUT2D eigenvalue weighted by Crippen LogP contribution is -2.13. The van der Waals surface area contributed by atoms with Crippen molar-refractivity contribution in [2.75, 3.05) is 5.32 Å². The normalized spacial score (nSPS) is 12.1. The van der Waals surface area contributed by atoms with Crippen molar-refractivity contribution in [3.63, 3.8) is 0 Å². The van der Waals surface area contributed by atoms with Gasteiger partial charge in [-0.3, -0.25) is 14.9 Å². The van der Waals surface area contributed by atoms with Gasteiger partial charge in [0.1, 0.15) is 11.6 Å². The van der Waals surface area contributed by atoms with E-state index in [-0.39, 0.29) is 11.3 Å². The number of carbonyl (C=O) groups is 1. The van der Waals surface area contributed by atoms with Crippen molar-refractivity contribution in [3.05, 3.63) is 75.3 Å². The number of non-ortho nitro benzene ring substituents is 1. The lowest BCUT2D eigenvalue weighted by atomic mass is 9.98. The lowest BCUT2D eigenvalue weighted by Gasteiger charge is -2.10. The third-order valence-corrected chi connectivity index (χ3v) is 4.13. The summed E-state index contributed by atoms with van der Waals surface area (Å²) in [6.07, 6.45) is 2.43. The molecule has 2 aromatic carbocycles. The Morgan fingerprint density at radius 3 is 2.35 bits per heavy atom. The van der Waals surface area contributed by atoms with Gasteiger partial charge in [0.05, 0.1) is 4.92 Å². The predicted molar refractivity (Wildman–Crippen MR) is 100 cm³/mol. The van der Waals surface area contributed by atoms with Gasteiger partial charge < -0.3 is 5.32 Å². The SMILES string of the molecule is CC[C@H](C)c1ccc(NC(=O)/C(C#N)=C/c2ccc([N+](=O)[O-])cc2)cc1. The summed E-state index contributed by atoms with van der Waals surface area (Å²) in [5, 5.41) is 22.6. The number of nitro benzene ring substituents is 1. The Morgan fingerprint density at radius 2 is 1.85 bits per heavy atom. The molecule has 26 heavy (non-hydrogen) atoms. The summed E-state index contributed by atoms with van der Waals surface area (Å²) in [5.41, 5.74) is 2.20. The predicted octanol–water partition coefficient (Wildman–Crippen LogP) is 4.65. The third kappa shape index (κ3) is 4.77. The molecule has 0 aliphatic rings. The van der Waals surface area contributed by atoms with E-state index in [1.807, 2.05) is 18.2 Å². The number of hydrogen-bond donors (Lipinski definition) is 1. The van der Waals surface area contributed by atoms with Crippen LogP contribution in [-0.4, -0.2) is 10.8 Å². The molecule has 0 aromatic heterocycles. The standard InChI is InChI=1S/C20H19N3O3/c1-3-14(2)16-6-8-18(9-7-16)22-20(24)17(13-21)12-15-4-10-19(11-5-15)23(25)26/h4-12,14H,3H2,1-2H3,(H,22,24)/b17-12+/t14-/m0/s1. The second-order valence-corrected chi connectivity index (χ2v) is 5.90. The van der Waals surface area contributed by atoms with E-state index in [0.29, 0.717) is 17.2 Å². The molecule has 1 amide bonds. The molecule has 6 nitrogen and oxygen atoms in total. The minimum Gasteiger partial charge on any atom is -0.321 e. The molecule has 0 unspecified atom stereocenters. The third-order valence-electron chi connectivity index (χ3n) is 4.13. The van der Waals surface area contributed by atoms with E-state index in [2.05, 4.69) is 19.2 Å². The zero-order valence-electron chi connectivity index (χ0n) is 14.6. The Bertz CT molecular complexity index is 863. The van der Waals surface area contributed by atoms with Gasteiger partial charge in [0.15, 0.2) is 0 Å². The van der Waals surface area contributed by atoms with E-state index in [1.165, 1.54) is 35.9 Å². The maximum atomic E-state index is 12.3. The van der Waals surface area contributed by atoms with Gasteiger partial charge in [-0.2, -0.15) is 5.26 Å². The molecule has 0 saturated heterocycles. The molecule has 2 aromatic rings. The number of amides is 1. The summed E-state index contributed by atoms with van der Waals surface area (Å²) in [7, 11) is 0. The van der Waals surface area contributed by atoms with Gasteiger partial charge in [-0.05, 0) is 53.8 Å². The number of anilines is 1. The fraction of sp³-hybridized carbons (Fsp3) is 0.200. The monoisotopic (exact) mass is 349 g/mol. The Morgan fingerprint density at radius 1 is 1.23 bits per heavy atom. The summed E-state index contributed by atoms with van der Waals surface area (Å²) in [4.78, 5) is 22.4. The highest BCUT2D eigenvalue weighted by Crippen LogP contribution is 2.21. The number of benzene rings is 2. The van der Waals surface area contributed by atoms with Crippen molar-refractivity contribution in [1.29, 1.82) is 5.26 Å². The number of hydrogen-bond acceptors (Lipinski definition) is 4. The van der Waals surface area contributed by atoms with Crippen molar-refractivity contribution < 1.29 is 9.72 Å². The van der Waals surface area contributed by atoms with Crippen molar-refractivity contribution >= 4 is 23.4 Å². The molecule has 0 heterocycles. The zero-order valence-corrected chi connectivity index (χ0v) is 14.6. The maximum absolute atomic E-state index is 12.3. The molecule has 6 heteroatoms. The molecule has 0 bridgehead atoms. The smallest absolute Gasteiger partial charge is 0.269 e. The van der Waals surface area contributed by atoms with Crippen LogP contribution in [0, 0.1) is 21.4 Å². The topological polar surface area (TPSA) is 96.0 Å². The molecule has 0 spiro atoms. The fourth-order valence-electron chi connectivity index (χ4n) is 2.34. The highest BCUT2D eigenvalue weighted by molar-refractivity contribution is 6.09. The van der Waals surface area contributed by atoms with Gasteiger partial charge >= 0.3 is 0 Å². The van der Waals surface area contributed by atoms with Crippen LogP contribution in [0.1, 0.15) is 37.3 Å². The van der Waals surface area contributed by atoms with Gasteiger partial charge in [0.25, 0.3) is 11.6 Å². The van der Waals surface area contributed by atoms with Crippen LogP contribution in [0.15, 0.2) is 54.1 Å². The number of nitrogens with zero attached hydrogens (tertiary/aromatic N) is 2. The second kappa shape index (κ2) is 8.58. The summed E-state index contributed by atoms with van der Waals surface area (Å²) < 4.78 is 0. The van der Waals surface area contributed by atoms with Gasteiger partial charge in [-0.25, -0.2) is 0 Å². The number of carbonyl (C=O) groups excluding carboxylic acids is 1. The Balaban J connectivity index is 2.13. The van der Waals surface area contributed by atoms with E-state index in [0.717, 1.165) is 6.42 Å². The van der Waals surface area contributed by atoms with E-state index in [4.69, 9.17) is 0 Å². The van der Waals surface area contributed by atoms with Crippen LogP contribution in [0.5, 0.6) is 0 Å². The number of nitro groups is 1. The van der Waals surface area contributed by atoms with Gasteiger partial charge in [0.2, 0.25) is 0 Å². The fourth-order valence-corrected chi connectivity index (χ4v) is 2.34. The summed E-state index contributed by atoms with van der Waals surface area (Å²) in [5.74, 6) is -0.0846. The van der Waals surface area contributed by atoms with Crippen LogP contribution >= 0.6 is 0 Å². The second-order valence-electron chi connectivity index (χ2n) is 5.90. The molecule has 0 aliphatic heterocycles. The summed E-state index contributed by atoms with van der Waals surface area (Å²) >= 11 is 0. The summed E-state index contributed by atoms with van der Waals surface area (Å²) in [6.45, 7) is 4.25. The molecule has 0 aliphatic carbocycles. The molecular formula is C20H19N3O3. The maximum Gasteiger partial charge on any atom is 0.269 e. The van der Waals surface area contributed by atoms with E-state index < -0.39 is 10.8 Å². The Labute approximate surface area is 151 Å². The molecule has 2 rings (SSSR count). The first-order chi connectivity index (χ1) is 12.4. The Kier molecular flexibility index (Phi) is 6.23. The molecule has 0 fully saturated rings. The van der Waals surface area contributed by atoms with Gasteiger partial charge in [0, 0.05) is 17.8 Å². The van der Waals surface area contributed by atoms with E-state index >= 15 is 0 Å². The van der Waals surface area contributed by atoms with Gasteiger partial charge in [-0.15, -0.1) is 0 Å². The minimum atomic E-state index is -0.526. The number of nitriles is 1. The average Bonchev–Trinajstić information content (AvgIpc) is 2.66. The molecule has 1 N–H and O–H groups in total. The van der Waals surface area contributed by atoms with Crippen LogP contribution in [-0.2, 0) is 4.79 Å². The van der Waals surface area contributed by atoms with E-state index in [9.17, 15) is 20.2 Å². The minimum absolute atomic E-state index is 0.0495. The molecule has 132 valence electrons. The first-order valence-corrected chi connectivity index (χ1v) is 8.22. The lowest BCUT2D eigenvalue weighted by molar-refractivity contribution is -0.384. The molecule has 0 radical (unpaired) electrons. The van der Waals surface area contributed by atoms with Crippen LogP contribution in [0.25, 0.3) is 6.08 Å². The van der Waals surface area contributed by atoms with Crippen molar-refractivity contribution in [2.45, 2.75) is 26.2 Å². The number of rotatable bonds is 6.